The van der Waals surface area contributed by atoms with Crippen molar-refractivity contribution in [1.82, 2.24) is 0 Å². The van der Waals surface area contributed by atoms with E-state index in [4.69, 9.17) is 0 Å². The molecule has 674 valence electrons. The zero-order valence-corrected chi connectivity index (χ0v) is 75.8. The van der Waals surface area contributed by atoms with Gasteiger partial charge < -0.3 is 19.6 Å². The van der Waals surface area contributed by atoms with Crippen LogP contribution < -0.4 is 19.6 Å². The van der Waals surface area contributed by atoms with E-state index in [1.165, 1.54) is 176 Å². The molecule has 8 unspecified atom stereocenters. The van der Waals surface area contributed by atoms with E-state index in [9.17, 15) is 35.1 Å². The lowest BCUT2D eigenvalue weighted by atomic mass is 9.85. The van der Waals surface area contributed by atoms with Gasteiger partial charge in [-0.15, -0.1) is 0 Å². The summed E-state index contributed by atoms with van der Waals surface area (Å²) in [6.45, 7) is 2.21. The Labute approximate surface area is 802 Å². The predicted octanol–water partition coefficient (Wildman–Crippen LogP) is 32.7. The summed E-state index contributed by atoms with van der Waals surface area (Å²) in [6, 6.07) is 118. The van der Waals surface area contributed by atoms with Crippen LogP contribution in [0, 0.1) is 18.6 Å². The average molecular weight is 1820 g/mol. The Morgan fingerprint density at radius 2 is 0.561 bits per heavy atom. The van der Waals surface area contributed by atoms with Crippen molar-refractivity contribution in [3.05, 3.63) is 548 Å². The first-order chi connectivity index (χ1) is 67.9. The SMILES string of the molecule is Cc1ccccc1N1c2ccccc2C2C=C(c3ccc4c(c3)-c3ccccc3C4)C=CC21.FC(F)(F)c1ccc(N2c3ccccc3C3C=C(c4ccc5c(c4)-c4ccccc4C5)C=CC32)cc1.FC(F)(F)c1cccc(N2c3ccccc3C3C=C(c4ccc5c(c4)-c4ccccc4C5)C=CC32)c1.Fc1ccc2c(c1)C1C=C(c3ccc4c(c3)-c3ccccc3C4)C=CC1N2c1ccccc1F. The van der Waals surface area contributed by atoms with Gasteiger partial charge in [-0.3, -0.25) is 0 Å². The number of nitrogens with zero attached hydrogens (tertiary/aromatic N) is 4. The van der Waals surface area contributed by atoms with E-state index in [1.54, 1.807) is 42.5 Å². The zero-order valence-electron chi connectivity index (χ0n) is 75.8. The third-order valence-electron chi connectivity index (χ3n) is 30.2. The second-order valence-electron chi connectivity index (χ2n) is 38.0. The minimum absolute atomic E-state index is 0.0121. The lowest BCUT2D eigenvalue weighted by Gasteiger charge is -2.31. The molecule has 0 radical (unpaired) electrons. The average Bonchev–Trinajstić information content (AvgIpc) is 1.59. The molecule has 4 nitrogen and oxygen atoms in total. The minimum atomic E-state index is -4.38. The van der Waals surface area contributed by atoms with Crippen molar-refractivity contribution in [2.24, 2.45) is 0 Å². The van der Waals surface area contributed by atoms with Crippen LogP contribution in [-0.4, -0.2) is 24.2 Å². The molecule has 0 aromatic heterocycles. The molecule has 0 amide bonds. The fourth-order valence-electron chi connectivity index (χ4n) is 23.7. The van der Waals surface area contributed by atoms with Gasteiger partial charge in [-0.2, -0.15) is 26.3 Å². The Kier molecular flexibility index (Phi) is 20.6. The number of anilines is 8. The summed E-state index contributed by atoms with van der Waals surface area (Å²) in [4.78, 5) is 8.72. The van der Waals surface area contributed by atoms with Gasteiger partial charge in [0.2, 0.25) is 0 Å². The summed E-state index contributed by atoms with van der Waals surface area (Å²) in [5.41, 5.74) is 43.2. The molecule has 4 heterocycles. The molecular weight excluding hydrogens is 1730 g/mol. The number of para-hydroxylation sites is 5. The second-order valence-corrected chi connectivity index (χ2v) is 38.0. The maximum absolute atomic E-state index is 14.8. The van der Waals surface area contributed by atoms with Crippen molar-refractivity contribution >= 4 is 67.8 Å². The maximum atomic E-state index is 14.8. The van der Waals surface area contributed by atoms with Crippen LogP contribution in [0.15, 0.2) is 431 Å². The van der Waals surface area contributed by atoms with E-state index in [0.29, 0.717) is 23.3 Å². The molecule has 8 aliphatic carbocycles. The number of alkyl halides is 6. The van der Waals surface area contributed by atoms with Crippen LogP contribution in [0.4, 0.5) is 80.6 Å². The first-order valence-corrected chi connectivity index (χ1v) is 47.7. The van der Waals surface area contributed by atoms with Gasteiger partial charge in [0.15, 0.2) is 0 Å². The van der Waals surface area contributed by atoms with Crippen LogP contribution in [0.3, 0.4) is 0 Å². The largest absolute Gasteiger partial charge is 0.416 e. The minimum Gasteiger partial charge on any atom is -0.333 e. The smallest absolute Gasteiger partial charge is 0.333 e. The Bertz CT molecular complexity index is 8010. The highest BCUT2D eigenvalue weighted by Crippen LogP contribution is 2.57. The number of fused-ring (bicyclic) bond motifs is 24. The number of hydrogen-bond acceptors (Lipinski definition) is 4. The van der Waals surface area contributed by atoms with E-state index in [-0.39, 0.29) is 47.5 Å². The zero-order chi connectivity index (χ0) is 93.6. The molecule has 0 saturated heterocycles. The van der Waals surface area contributed by atoms with Gasteiger partial charge in [-0.1, -0.05) is 310 Å². The lowest BCUT2D eigenvalue weighted by Crippen LogP contribution is -2.29. The first-order valence-electron chi connectivity index (χ1n) is 47.7. The van der Waals surface area contributed by atoms with E-state index in [2.05, 4.69) is 326 Å². The van der Waals surface area contributed by atoms with E-state index in [0.717, 1.165) is 87.9 Å². The Morgan fingerprint density at radius 3 is 0.964 bits per heavy atom. The van der Waals surface area contributed by atoms with Crippen LogP contribution >= 0.6 is 0 Å². The predicted molar refractivity (Wildman–Crippen MR) is 548 cm³/mol. The lowest BCUT2D eigenvalue weighted by molar-refractivity contribution is -0.138. The Hall–Kier alpha value is -15.9. The molecule has 139 heavy (non-hydrogen) atoms. The highest BCUT2D eigenvalue weighted by molar-refractivity contribution is 5.93. The Morgan fingerprint density at radius 1 is 0.237 bits per heavy atom. The summed E-state index contributed by atoms with van der Waals surface area (Å²) in [6.07, 6.45) is 22.1. The highest BCUT2D eigenvalue weighted by Gasteiger charge is 2.45. The number of halogens is 8. The summed E-state index contributed by atoms with van der Waals surface area (Å²) < 4.78 is 109. The molecule has 28 rings (SSSR count). The summed E-state index contributed by atoms with van der Waals surface area (Å²) in [5.74, 6) is -0.0991. The van der Waals surface area contributed by atoms with Gasteiger partial charge in [0, 0.05) is 63.5 Å². The van der Waals surface area contributed by atoms with Gasteiger partial charge in [0.05, 0.1) is 41.0 Å². The van der Waals surface area contributed by atoms with Crippen molar-refractivity contribution in [1.29, 1.82) is 0 Å². The topological polar surface area (TPSA) is 13.0 Å². The molecule has 0 fully saturated rings. The van der Waals surface area contributed by atoms with E-state index in [1.807, 2.05) is 46.2 Å². The molecule has 0 bridgehead atoms. The molecule has 4 aliphatic heterocycles. The maximum Gasteiger partial charge on any atom is 0.416 e. The number of rotatable bonds is 8. The molecule has 0 saturated carbocycles. The van der Waals surface area contributed by atoms with Gasteiger partial charge >= 0.3 is 12.4 Å². The number of allylic oxidation sites excluding steroid dienone is 8. The summed E-state index contributed by atoms with van der Waals surface area (Å²) in [5, 5.41) is 0. The van der Waals surface area contributed by atoms with Crippen molar-refractivity contribution in [3.63, 3.8) is 0 Å². The first kappa shape index (κ1) is 84.8. The fourth-order valence-corrected chi connectivity index (χ4v) is 23.7. The van der Waals surface area contributed by atoms with Crippen LogP contribution in [0.2, 0.25) is 0 Å². The second kappa shape index (κ2) is 33.8. The molecule has 8 atom stereocenters. The van der Waals surface area contributed by atoms with Crippen LogP contribution in [0.25, 0.3) is 66.8 Å². The fraction of sp³-hybridized carbons (Fsp3) is 0.118. The standard InChI is InChI=1S/2C32H22F3N.C32H25N.C31H21F2N/c33-32(34,35)24-7-5-8-25(19-24)36-30-11-4-3-10-27(30)29-18-21(14-15-31(29)36)20-12-13-23-16-22-6-1-2-9-26(22)28(23)17-20;33-32(34,35)24-12-14-25(15-13-24)36-30-8-4-3-7-27(30)29-19-21(11-16-31(29)36)20-9-10-23-17-22-5-1-2-6-26(22)28(23)18-20;1-21-8-2-6-12-30(21)33-31-13-7-5-11-27(31)29-20-23(16-17-32(29)33)22-14-15-25-18-24-9-3-4-10-26(24)28(25)19-22;32-23-12-14-30-27(18-23)26-17-20(11-13-29(26)34(30)31-8-4-3-7-28(31)33)19-9-10-22-15-21-5-1-2-6-24(21)25(22)16-19/h1-15,17-19,29,31H,16H2;1-16,18-19,29,31H,17H2;2-17,19-20,29,32H,18H2,1H3;1-14,16-18,26,29H,15H2. The summed E-state index contributed by atoms with van der Waals surface area (Å²) >= 11 is 0. The third-order valence-corrected chi connectivity index (χ3v) is 30.2. The molecule has 12 heteroatoms. The molecule has 0 N–H and O–H groups in total. The van der Waals surface area contributed by atoms with Crippen LogP contribution in [0.1, 0.15) is 129 Å². The van der Waals surface area contributed by atoms with Crippen molar-refractivity contribution < 1.29 is 35.1 Å². The molecule has 12 aliphatic rings. The van der Waals surface area contributed by atoms with E-state index < -0.39 is 23.5 Å². The van der Waals surface area contributed by atoms with Gasteiger partial charge in [0.1, 0.15) is 11.6 Å². The van der Waals surface area contributed by atoms with Gasteiger partial charge in [-0.25, -0.2) is 8.78 Å². The molecule has 16 aromatic carbocycles. The summed E-state index contributed by atoms with van der Waals surface area (Å²) in [7, 11) is 0. The number of hydrogen-bond donors (Lipinski definition) is 0. The number of benzene rings is 16. The third kappa shape index (κ3) is 14.9. The van der Waals surface area contributed by atoms with Gasteiger partial charge in [0.25, 0.3) is 0 Å². The van der Waals surface area contributed by atoms with Crippen LogP contribution in [-0.2, 0) is 38.0 Å². The normalized spacial score (nSPS) is 19.4. The quantitative estimate of drug-likeness (QED) is 0.141. The Balaban J connectivity index is 0.0000000981. The van der Waals surface area contributed by atoms with Gasteiger partial charge in [-0.05, 0) is 315 Å². The molecule has 16 aromatic rings. The van der Waals surface area contributed by atoms with E-state index >= 15 is 0 Å². The molecule has 0 spiro atoms. The van der Waals surface area contributed by atoms with Crippen LogP contribution in [0.5, 0.6) is 0 Å². The highest BCUT2D eigenvalue weighted by atomic mass is 19.4. The monoisotopic (exact) mass is 1820 g/mol. The number of aryl methyl sites for hydroxylation is 1. The van der Waals surface area contributed by atoms with Crippen molar-refractivity contribution in [2.45, 2.75) is 92.8 Å². The van der Waals surface area contributed by atoms with Crippen molar-refractivity contribution in [3.8, 4) is 44.5 Å². The molecular formula is C127H90F8N4. The van der Waals surface area contributed by atoms with Crippen molar-refractivity contribution in [2.75, 3.05) is 19.6 Å².